The van der Waals surface area contributed by atoms with E-state index in [9.17, 15) is 10.2 Å². The number of rotatable bonds is 6. The molecule has 0 aliphatic rings. The minimum absolute atomic E-state index is 0.166. The second kappa shape index (κ2) is 7.39. The molecule has 0 atom stereocenters. The van der Waals surface area contributed by atoms with Crippen molar-refractivity contribution in [3.05, 3.63) is 83.0 Å². The average molecular weight is 322 g/mol. The Hall–Kier alpha value is -2.48. The zero-order valence-corrected chi connectivity index (χ0v) is 14.8. The Morgan fingerprint density at radius 2 is 1.21 bits per heavy atom. The van der Waals surface area contributed by atoms with Gasteiger partial charge in [-0.1, -0.05) is 55.5 Å². The van der Waals surface area contributed by atoms with Crippen molar-refractivity contribution in [1.82, 2.24) is 0 Å². The molecule has 24 heavy (non-hydrogen) atoms. The zero-order valence-electron chi connectivity index (χ0n) is 14.8. The van der Waals surface area contributed by atoms with Gasteiger partial charge in [-0.3, -0.25) is 0 Å². The first-order valence-corrected chi connectivity index (χ1v) is 8.20. The molecule has 0 radical (unpaired) electrons. The summed E-state index contributed by atoms with van der Waals surface area (Å²) in [6.45, 7) is 13.9. The fraction of sp³-hybridized carbons (Fsp3) is 0.273. The number of phenolic OH excluding ortho intramolecular Hbond substituents is 2. The van der Waals surface area contributed by atoms with Crippen molar-refractivity contribution >= 4 is 0 Å². The second-order valence-electron chi connectivity index (χ2n) is 6.77. The van der Waals surface area contributed by atoms with Gasteiger partial charge < -0.3 is 10.2 Å². The lowest BCUT2D eigenvalue weighted by molar-refractivity contribution is 0.469. The third-order valence-corrected chi connectivity index (χ3v) is 4.19. The maximum atomic E-state index is 10.0. The largest absolute Gasteiger partial charge is 0.508 e. The average Bonchev–Trinajstić information content (AvgIpc) is 2.50. The summed E-state index contributed by atoms with van der Waals surface area (Å²) in [5, 5.41) is 20.1. The summed E-state index contributed by atoms with van der Waals surface area (Å²) in [7, 11) is 0. The van der Waals surface area contributed by atoms with Gasteiger partial charge in [0.25, 0.3) is 0 Å². The van der Waals surface area contributed by atoms with Crippen LogP contribution in [0.25, 0.3) is 0 Å². The molecule has 0 unspecified atom stereocenters. The van der Waals surface area contributed by atoms with Crippen LogP contribution in [0.3, 0.4) is 0 Å². The van der Waals surface area contributed by atoms with Gasteiger partial charge in [-0.05, 0) is 61.1 Å². The molecule has 0 heterocycles. The molecule has 0 saturated carbocycles. The highest BCUT2D eigenvalue weighted by molar-refractivity contribution is 5.45. The van der Waals surface area contributed by atoms with Crippen molar-refractivity contribution in [3.8, 4) is 11.5 Å². The molecule has 0 amide bonds. The second-order valence-corrected chi connectivity index (χ2v) is 6.77. The number of aromatic hydroxyl groups is 2. The quantitative estimate of drug-likeness (QED) is 0.691. The van der Waals surface area contributed by atoms with Crippen LogP contribution in [0.1, 0.15) is 48.9 Å². The number of hydrogen-bond donors (Lipinski definition) is 2. The molecule has 0 spiro atoms. The molecule has 0 aliphatic heterocycles. The van der Waals surface area contributed by atoms with Crippen molar-refractivity contribution < 1.29 is 10.2 Å². The van der Waals surface area contributed by atoms with Crippen LogP contribution in [0.15, 0.2) is 60.7 Å². The lowest BCUT2D eigenvalue weighted by Crippen LogP contribution is -2.00. The molecule has 2 heteroatoms. The Kier molecular flexibility index (Phi) is 5.50. The highest BCUT2D eigenvalue weighted by Crippen LogP contribution is 2.32. The monoisotopic (exact) mass is 322 g/mol. The molecule has 2 aromatic rings. The van der Waals surface area contributed by atoms with E-state index in [-0.39, 0.29) is 5.92 Å². The van der Waals surface area contributed by atoms with E-state index in [0.717, 1.165) is 33.4 Å². The van der Waals surface area contributed by atoms with Crippen LogP contribution >= 0.6 is 0 Å². The molecule has 2 rings (SSSR count). The minimum atomic E-state index is 0.166. The third-order valence-electron chi connectivity index (χ3n) is 4.19. The Balaban J connectivity index is 2.36. The van der Waals surface area contributed by atoms with Crippen LogP contribution in [0, 0.1) is 0 Å². The minimum Gasteiger partial charge on any atom is -0.508 e. The standard InChI is InChI=1S/C22H26O2/c1-14(2)10-19-12-17(6-8-21(19)23)16(5)18-7-9-22(24)20(13-18)11-15(3)4/h6-9,12-13,16,23-24H,1,3,10-11H2,2,4-5H3. The van der Waals surface area contributed by atoms with Crippen LogP contribution in [-0.2, 0) is 12.8 Å². The van der Waals surface area contributed by atoms with Crippen LogP contribution < -0.4 is 0 Å². The van der Waals surface area contributed by atoms with Crippen LogP contribution in [0.2, 0.25) is 0 Å². The lowest BCUT2D eigenvalue weighted by Gasteiger charge is -2.17. The van der Waals surface area contributed by atoms with Crippen molar-refractivity contribution in [2.75, 3.05) is 0 Å². The Morgan fingerprint density at radius 1 is 0.833 bits per heavy atom. The summed E-state index contributed by atoms with van der Waals surface area (Å²) in [5.41, 5.74) is 6.10. The number of hydrogen-bond acceptors (Lipinski definition) is 2. The molecule has 126 valence electrons. The van der Waals surface area contributed by atoms with Gasteiger partial charge in [0.2, 0.25) is 0 Å². The Morgan fingerprint density at radius 3 is 1.54 bits per heavy atom. The van der Waals surface area contributed by atoms with E-state index in [0.29, 0.717) is 24.3 Å². The smallest absolute Gasteiger partial charge is 0.119 e. The number of phenols is 2. The van der Waals surface area contributed by atoms with Crippen molar-refractivity contribution in [2.45, 2.75) is 39.5 Å². The van der Waals surface area contributed by atoms with Gasteiger partial charge in [0.15, 0.2) is 0 Å². The molecule has 0 aliphatic carbocycles. The first-order chi connectivity index (χ1) is 11.3. The van der Waals surface area contributed by atoms with Gasteiger partial charge >= 0.3 is 0 Å². The molecule has 0 bridgehead atoms. The van der Waals surface area contributed by atoms with Gasteiger partial charge in [0.1, 0.15) is 11.5 Å². The highest BCUT2D eigenvalue weighted by atomic mass is 16.3. The molecule has 2 N–H and O–H groups in total. The van der Waals surface area contributed by atoms with Crippen LogP contribution in [0.4, 0.5) is 0 Å². The molecule has 2 aromatic carbocycles. The van der Waals surface area contributed by atoms with Gasteiger partial charge in [-0.25, -0.2) is 0 Å². The van der Waals surface area contributed by atoms with E-state index in [1.165, 1.54) is 0 Å². The maximum Gasteiger partial charge on any atom is 0.119 e. The highest BCUT2D eigenvalue weighted by Gasteiger charge is 2.13. The summed E-state index contributed by atoms with van der Waals surface area (Å²) in [4.78, 5) is 0. The summed E-state index contributed by atoms with van der Waals surface area (Å²) in [5.74, 6) is 0.782. The first kappa shape index (κ1) is 17.9. The molecule has 0 fully saturated rings. The van der Waals surface area contributed by atoms with E-state index < -0.39 is 0 Å². The fourth-order valence-corrected chi connectivity index (χ4v) is 2.88. The van der Waals surface area contributed by atoms with E-state index in [2.05, 4.69) is 20.1 Å². The van der Waals surface area contributed by atoms with E-state index >= 15 is 0 Å². The number of allylic oxidation sites excluding steroid dienone is 2. The maximum absolute atomic E-state index is 10.0. The SMILES string of the molecule is C=C(C)Cc1cc(C(C)c2ccc(O)c(CC(=C)C)c2)ccc1O. The molecular weight excluding hydrogens is 296 g/mol. The number of benzene rings is 2. The predicted octanol–water partition coefficient (Wildman–Crippen LogP) is 5.49. The van der Waals surface area contributed by atoms with Crippen molar-refractivity contribution in [3.63, 3.8) is 0 Å². The van der Waals surface area contributed by atoms with Crippen LogP contribution in [0.5, 0.6) is 11.5 Å². The van der Waals surface area contributed by atoms with Gasteiger partial charge in [-0.15, -0.1) is 0 Å². The van der Waals surface area contributed by atoms with E-state index in [4.69, 9.17) is 0 Å². The summed E-state index contributed by atoms with van der Waals surface area (Å²) in [6, 6.07) is 11.5. The summed E-state index contributed by atoms with van der Waals surface area (Å²) >= 11 is 0. The molecule has 0 aromatic heterocycles. The molecule has 2 nitrogen and oxygen atoms in total. The summed E-state index contributed by atoms with van der Waals surface area (Å²) in [6.07, 6.45) is 1.34. The van der Waals surface area contributed by atoms with Gasteiger partial charge in [0.05, 0.1) is 0 Å². The lowest BCUT2D eigenvalue weighted by atomic mass is 9.89. The van der Waals surface area contributed by atoms with E-state index in [1.807, 2.05) is 38.1 Å². The Labute approximate surface area is 144 Å². The van der Waals surface area contributed by atoms with E-state index in [1.54, 1.807) is 12.1 Å². The van der Waals surface area contributed by atoms with Gasteiger partial charge in [-0.2, -0.15) is 0 Å². The van der Waals surface area contributed by atoms with Gasteiger partial charge in [0, 0.05) is 5.92 Å². The molecular formula is C22H26O2. The van der Waals surface area contributed by atoms with Crippen molar-refractivity contribution in [1.29, 1.82) is 0 Å². The Bertz CT molecular complexity index is 706. The third kappa shape index (κ3) is 4.29. The topological polar surface area (TPSA) is 40.5 Å². The first-order valence-electron chi connectivity index (χ1n) is 8.20. The van der Waals surface area contributed by atoms with Crippen LogP contribution in [-0.4, -0.2) is 10.2 Å². The summed E-state index contributed by atoms with van der Waals surface area (Å²) < 4.78 is 0. The normalized spacial score (nSPS) is 10.8. The zero-order chi connectivity index (χ0) is 17.9. The fourth-order valence-electron chi connectivity index (χ4n) is 2.88. The molecule has 0 saturated heterocycles. The van der Waals surface area contributed by atoms with Crippen molar-refractivity contribution in [2.24, 2.45) is 0 Å². The predicted molar refractivity (Wildman–Crippen MR) is 101 cm³/mol.